The number of pyridine rings is 1. The number of aromatic nitrogens is 1. The molecule has 0 saturated carbocycles. The average molecular weight is 682 g/mol. The standard InChI is InChI=1S/C33H32ClN3O7S2/c1-32(2,3)20-9-13-22(14-10-20)45(41,42)37(46(43,44)23-15-11-21(12-16-23)33(4,5)6)25-18-17-24(34)27-28(25)31(40)36(30(27)39)26-8-7-19-35-29(26)38/h7-19H,1-6H3,(H,35,38). The van der Waals surface area contributed by atoms with Crippen molar-refractivity contribution in [3.05, 3.63) is 117 Å². The lowest BCUT2D eigenvalue weighted by molar-refractivity contribution is 0.0926. The Bertz CT molecular complexity index is 2070. The van der Waals surface area contributed by atoms with Crippen LogP contribution in [-0.4, -0.2) is 33.6 Å². The molecule has 0 radical (unpaired) electrons. The van der Waals surface area contributed by atoms with Gasteiger partial charge in [0.1, 0.15) is 5.69 Å². The molecule has 46 heavy (non-hydrogen) atoms. The number of carbonyl (C=O) groups excluding carboxylic acids is 2. The fraction of sp³-hybridized carbons (Fsp3) is 0.242. The summed E-state index contributed by atoms with van der Waals surface area (Å²) in [6.07, 6.45) is 1.30. The summed E-state index contributed by atoms with van der Waals surface area (Å²) in [5.74, 6) is -2.13. The minimum absolute atomic E-state index is 0.164. The molecule has 240 valence electrons. The normalized spacial score (nSPS) is 14.0. The molecule has 1 N–H and O–H groups in total. The molecule has 1 aliphatic heterocycles. The summed E-state index contributed by atoms with van der Waals surface area (Å²) in [6.45, 7) is 11.7. The molecule has 0 unspecified atom stereocenters. The second kappa shape index (κ2) is 11.2. The van der Waals surface area contributed by atoms with Gasteiger partial charge in [0, 0.05) is 6.20 Å². The molecular weight excluding hydrogens is 650 g/mol. The van der Waals surface area contributed by atoms with Gasteiger partial charge >= 0.3 is 0 Å². The van der Waals surface area contributed by atoms with Gasteiger partial charge in [-0.1, -0.05) is 77.4 Å². The molecule has 1 aromatic heterocycles. The molecule has 2 heterocycles. The number of halogens is 1. The first kappa shape index (κ1) is 33.1. The van der Waals surface area contributed by atoms with Crippen molar-refractivity contribution in [2.75, 3.05) is 8.61 Å². The van der Waals surface area contributed by atoms with E-state index in [9.17, 15) is 31.2 Å². The smallest absolute Gasteiger partial charge is 0.277 e. The van der Waals surface area contributed by atoms with Crippen LogP contribution in [0.25, 0.3) is 0 Å². The largest absolute Gasteiger partial charge is 0.327 e. The predicted octanol–water partition coefficient (Wildman–Crippen LogP) is 6.01. The summed E-state index contributed by atoms with van der Waals surface area (Å²) in [4.78, 5) is 42.4. The number of hydrogen-bond acceptors (Lipinski definition) is 7. The molecule has 1 aliphatic rings. The van der Waals surface area contributed by atoms with Crippen molar-refractivity contribution in [2.45, 2.75) is 62.2 Å². The number of amides is 2. The summed E-state index contributed by atoms with van der Waals surface area (Å²) in [6, 6.07) is 16.3. The van der Waals surface area contributed by atoms with Crippen LogP contribution >= 0.6 is 11.6 Å². The Morgan fingerprint density at radius 2 is 1.11 bits per heavy atom. The van der Waals surface area contributed by atoms with Gasteiger partial charge in [-0.25, -0.2) is 21.7 Å². The Morgan fingerprint density at radius 1 is 0.652 bits per heavy atom. The van der Waals surface area contributed by atoms with E-state index in [1.807, 2.05) is 41.5 Å². The Balaban J connectivity index is 1.79. The van der Waals surface area contributed by atoms with E-state index in [1.165, 1.54) is 42.6 Å². The number of anilines is 2. The number of aromatic amines is 1. The van der Waals surface area contributed by atoms with Gasteiger partial charge in [0.15, 0.2) is 0 Å². The molecule has 0 fully saturated rings. The number of imide groups is 1. The lowest BCUT2D eigenvalue weighted by atomic mass is 9.87. The molecule has 0 bridgehead atoms. The summed E-state index contributed by atoms with van der Waals surface area (Å²) in [5.41, 5.74) is -1.80. The Kier molecular flexibility index (Phi) is 8.07. The first-order valence-corrected chi connectivity index (χ1v) is 17.4. The van der Waals surface area contributed by atoms with Gasteiger partial charge in [0.2, 0.25) is 0 Å². The highest BCUT2D eigenvalue weighted by Gasteiger charge is 2.47. The number of nitrogens with zero attached hydrogens (tertiary/aromatic N) is 2. The van der Waals surface area contributed by atoms with Crippen molar-refractivity contribution in [1.29, 1.82) is 0 Å². The van der Waals surface area contributed by atoms with E-state index < -0.39 is 54.2 Å². The van der Waals surface area contributed by atoms with E-state index in [2.05, 4.69) is 4.98 Å². The quantitative estimate of drug-likeness (QED) is 0.246. The van der Waals surface area contributed by atoms with Gasteiger partial charge in [0.25, 0.3) is 37.4 Å². The molecule has 0 spiro atoms. The molecule has 0 aliphatic carbocycles. The third-order valence-electron chi connectivity index (χ3n) is 7.67. The highest BCUT2D eigenvalue weighted by atomic mass is 35.5. The van der Waals surface area contributed by atoms with Crippen LogP contribution in [-0.2, 0) is 30.9 Å². The number of hydrogen-bond donors (Lipinski definition) is 1. The number of rotatable bonds is 6. The molecule has 0 saturated heterocycles. The zero-order valence-electron chi connectivity index (χ0n) is 26.0. The zero-order chi connectivity index (χ0) is 34.0. The summed E-state index contributed by atoms with van der Waals surface area (Å²) in [5, 5.41) is -0.231. The fourth-order valence-corrected chi connectivity index (χ4v) is 9.05. The third kappa shape index (κ3) is 5.54. The van der Waals surface area contributed by atoms with Crippen LogP contribution in [0.4, 0.5) is 11.4 Å². The Hall–Kier alpha value is -4.26. The van der Waals surface area contributed by atoms with E-state index in [-0.39, 0.29) is 35.0 Å². The minimum Gasteiger partial charge on any atom is -0.327 e. The second-order valence-corrected chi connectivity index (χ2v) is 17.1. The van der Waals surface area contributed by atoms with E-state index in [4.69, 9.17) is 11.6 Å². The minimum atomic E-state index is -4.97. The van der Waals surface area contributed by atoms with Crippen LogP contribution in [0.2, 0.25) is 5.02 Å². The van der Waals surface area contributed by atoms with Crippen LogP contribution < -0.4 is 14.2 Å². The summed E-state index contributed by atoms with van der Waals surface area (Å²) < 4.78 is 58.0. The van der Waals surface area contributed by atoms with Gasteiger partial charge in [-0.15, -0.1) is 0 Å². The summed E-state index contributed by atoms with van der Waals surface area (Å²) in [7, 11) is -9.95. The first-order chi connectivity index (χ1) is 21.3. The average Bonchev–Trinajstić information content (AvgIpc) is 3.24. The van der Waals surface area contributed by atoms with E-state index in [0.29, 0.717) is 4.90 Å². The number of H-pyrrole nitrogens is 1. The van der Waals surface area contributed by atoms with Crippen LogP contribution in [0.15, 0.2) is 93.6 Å². The van der Waals surface area contributed by atoms with Crippen LogP contribution in [0.3, 0.4) is 0 Å². The van der Waals surface area contributed by atoms with Crippen molar-refractivity contribution < 1.29 is 26.4 Å². The maximum Gasteiger partial charge on any atom is 0.277 e. The highest BCUT2D eigenvalue weighted by molar-refractivity contribution is 8.10. The fourth-order valence-electron chi connectivity index (χ4n) is 5.10. The van der Waals surface area contributed by atoms with Gasteiger partial charge in [-0.05, 0) is 70.5 Å². The molecule has 13 heteroatoms. The van der Waals surface area contributed by atoms with Crippen LogP contribution in [0.1, 0.15) is 73.4 Å². The van der Waals surface area contributed by atoms with Crippen LogP contribution in [0, 0.1) is 0 Å². The molecule has 2 amide bonds. The van der Waals surface area contributed by atoms with Crippen molar-refractivity contribution >= 4 is 54.8 Å². The molecule has 0 atom stereocenters. The maximum absolute atomic E-state index is 14.5. The number of nitrogens with one attached hydrogen (secondary N) is 1. The summed E-state index contributed by atoms with van der Waals surface area (Å²) >= 11 is 6.38. The second-order valence-electron chi connectivity index (χ2n) is 12.9. The Labute approximate surface area is 272 Å². The SMILES string of the molecule is CC(C)(C)c1ccc(S(=O)(=O)N(c2ccc(Cl)c3c2C(=O)N(c2ccc[nH]c2=O)C3=O)S(=O)(=O)c2ccc(C(C)(C)C)cc2)cc1. The molecule has 3 aromatic carbocycles. The van der Waals surface area contributed by atoms with E-state index in [0.717, 1.165) is 23.3 Å². The van der Waals surface area contributed by atoms with Crippen molar-refractivity contribution in [3.63, 3.8) is 0 Å². The maximum atomic E-state index is 14.5. The van der Waals surface area contributed by atoms with E-state index >= 15 is 0 Å². The zero-order valence-corrected chi connectivity index (χ0v) is 28.3. The Morgan fingerprint density at radius 3 is 1.54 bits per heavy atom. The molecule has 5 rings (SSSR count). The monoisotopic (exact) mass is 681 g/mol. The topological polar surface area (TPSA) is 142 Å². The predicted molar refractivity (Wildman–Crippen MR) is 177 cm³/mol. The third-order valence-corrected chi connectivity index (χ3v) is 12.2. The van der Waals surface area contributed by atoms with Crippen molar-refractivity contribution in [3.8, 4) is 0 Å². The lowest BCUT2D eigenvalue weighted by Gasteiger charge is -2.27. The van der Waals surface area contributed by atoms with Gasteiger partial charge in [-0.3, -0.25) is 14.4 Å². The number of carbonyl (C=O) groups is 2. The van der Waals surface area contributed by atoms with Gasteiger partial charge in [-0.2, -0.15) is 3.71 Å². The number of sulfonamides is 2. The van der Waals surface area contributed by atoms with E-state index in [1.54, 1.807) is 24.3 Å². The number of fused-ring (bicyclic) bond motifs is 1. The number of benzene rings is 3. The van der Waals surface area contributed by atoms with Crippen LogP contribution in [0.5, 0.6) is 0 Å². The van der Waals surface area contributed by atoms with Gasteiger partial charge < -0.3 is 4.98 Å². The first-order valence-electron chi connectivity index (χ1n) is 14.2. The molecular formula is C33H32ClN3O7S2. The molecule has 10 nitrogen and oxygen atoms in total. The van der Waals surface area contributed by atoms with Crippen molar-refractivity contribution in [2.24, 2.45) is 0 Å². The highest BCUT2D eigenvalue weighted by Crippen LogP contribution is 2.42. The van der Waals surface area contributed by atoms with Crippen molar-refractivity contribution in [1.82, 2.24) is 4.98 Å². The lowest BCUT2D eigenvalue weighted by Crippen LogP contribution is -2.39. The van der Waals surface area contributed by atoms with Gasteiger partial charge in [0.05, 0.1) is 31.6 Å². The molecule has 4 aromatic rings.